The Morgan fingerprint density at radius 1 is 1.20 bits per heavy atom. The number of piperidine rings is 1. The molecule has 0 aliphatic carbocycles. The Hall–Kier alpha value is -2.24. The number of carbonyl (C=O) groups excluding carboxylic acids is 1. The van der Waals surface area contributed by atoms with Crippen LogP contribution in [0.15, 0.2) is 12.4 Å². The van der Waals surface area contributed by atoms with E-state index in [1.807, 2.05) is 11.8 Å². The number of fused-ring (bicyclic) bond motifs is 1. The number of likely N-dealkylation sites (tertiary alicyclic amines) is 1. The number of nitrogens with zero attached hydrogens (tertiary/aromatic N) is 5. The minimum absolute atomic E-state index is 0.320. The minimum atomic E-state index is 0.320. The van der Waals surface area contributed by atoms with E-state index in [1.165, 1.54) is 12.0 Å². The smallest absolute Gasteiger partial charge is 0.222 e. The summed E-state index contributed by atoms with van der Waals surface area (Å²) in [7, 11) is 0. The third-order valence-electron chi connectivity index (χ3n) is 5.38. The van der Waals surface area contributed by atoms with E-state index in [4.69, 9.17) is 0 Å². The molecule has 0 saturated carbocycles. The van der Waals surface area contributed by atoms with Gasteiger partial charge in [0.1, 0.15) is 12.1 Å². The van der Waals surface area contributed by atoms with E-state index in [0.29, 0.717) is 11.8 Å². The van der Waals surface area contributed by atoms with Gasteiger partial charge in [0, 0.05) is 38.3 Å². The highest BCUT2D eigenvalue weighted by molar-refractivity contribution is 5.90. The summed E-state index contributed by atoms with van der Waals surface area (Å²) >= 11 is 0. The maximum atomic E-state index is 11.9. The van der Waals surface area contributed by atoms with Gasteiger partial charge in [0.15, 0.2) is 5.65 Å². The molecule has 1 atom stereocenters. The van der Waals surface area contributed by atoms with E-state index in [-0.39, 0.29) is 0 Å². The van der Waals surface area contributed by atoms with Crippen molar-refractivity contribution in [1.29, 1.82) is 0 Å². The van der Waals surface area contributed by atoms with Gasteiger partial charge < -0.3 is 9.80 Å². The zero-order valence-corrected chi connectivity index (χ0v) is 15.0. The number of aromatic nitrogens is 3. The number of anilines is 1. The molecule has 1 amide bonds. The van der Waals surface area contributed by atoms with E-state index in [1.54, 1.807) is 6.33 Å². The Balaban J connectivity index is 1.59. The number of aryl methyl sites for hydroxylation is 2. The molecule has 6 nitrogen and oxygen atoms in total. The minimum Gasteiger partial charge on any atom is -0.356 e. The third-order valence-corrected chi connectivity index (χ3v) is 5.38. The van der Waals surface area contributed by atoms with Gasteiger partial charge >= 0.3 is 0 Å². The number of carbonyl (C=O) groups is 1. The van der Waals surface area contributed by atoms with Crippen molar-refractivity contribution in [2.45, 2.75) is 39.5 Å². The maximum Gasteiger partial charge on any atom is 0.222 e. The summed E-state index contributed by atoms with van der Waals surface area (Å²) in [6.07, 6.45) is 5.67. The number of hydrogen-bond acceptors (Lipinski definition) is 5. The molecule has 2 aliphatic heterocycles. The van der Waals surface area contributed by atoms with E-state index >= 15 is 0 Å². The Morgan fingerprint density at radius 3 is 2.88 bits per heavy atom. The highest BCUT2D eigenvalue weighted by atomic mass is 16.2. The first kappa shape index (κ1) is 16.2. The van der Waals surface area contributed by atoms with Gasteiger partial charge in [0.25, 0.3) is 0 Å². The second-order valence-corrected chi connectivity index (χ2v) is 7.37. The summed E-state index contributed by atoms with van der Waals surface area (Å²) in [5.41, 5.74) is 2.94. The van der Waals surface area contributed by atoms with Crippen molar-refractivity contribution in [3.05, 3.63) is 23.7 Å². The van der Waals surface area contributed by atoms with Gasteiger partial charge in [0.2, 0.25) is 5.91 Å². The topological polar surface area (TPSA) is 62.2 Å². The highest BCUT2D eigenvalue weighted by Crippen LogP contribution is 2.30. The van der Waals surface area contributed by atoms with Crippen LogP contribution in [0.25, 0.3) is 11.0 Å². The highest BCUT2D eigenvalue weighted by Gasteiger charge is 2.28. The molecule has 4 rings (SSSR count). The average Bonchev–Trinajstić information content (AvgIpc) is 2.99. The lowest BCUT2D eigenvalue weighted by Gasteiger charge is -2.35. The molecule has 132 valence electrons. The fourth-order valence-electron chi connectivity index (χ4n) is 4.24. The summed E-state index contributed by atoms with van der Waals surface area (Å²) < 4.78 is 0. The second-order valence-electron chi connectivity index (χ2n) is 7.37. The molecular weight excluding hydrogens is 314 g/mol. The molecule has 4 heterocycles. The van der Waals surface area contributed by atoms with Crippen LogP contribution in [0.4, 0.5) is 5.82 Å². The van der Waals surface area contributed by atoms with Gasteiger partial charge in [-0.1, -0.05) is 0 Å². The van der Waals surface area contributed by atoms with Gasteiger partial charge in [-0.3, -0.25) is 4.79 Å². The first-order valence-corrected chi connectivity index (χ1v) is 9.23. The molecule has 0 radical (unpaired) electrons. The van der Waals surface area contributed by atoms with E-state index in [9.17, 15) is 4.79 Å². The average molecular weight is 339 g/mol. The first-order valence-electron chi connectivity index (χ1n) is 9.23. The molecule has 0 unspecified atom stereocenters. The van der Waals surface area contributed by atoms with Gasteiger partial charge in [-0.05, 0) is 50.7 Å². The molecule has 2 fully saturated rings. The predicted molar refractivity (Wildman–Crippen MR) is 97.6 cm³/mol. The van der Waals surface area contributed by atoms with Crippen molar-refractivity contribution in [2.75, 3.05) is 31.1 Å². The summed E-state index contributed by atoms with van der Waals surface area (Å²) in [5, 5.41) is 1.06. The second kappa shape index (κ2) is 6.58. The van der Waals surface area contributed by atoms with Crippen LogP contribution in [0.5, 0.6) is 0 Å². The van der Waals surface area contributed by atoms with Gasteiger partial charge in [-0.2, -0.15) is 0 Å². The van der Waals surface area contributed by atoms with Crippen LogP contribution < -0.4 is 4.90 Å². The van der Waals surface area contributed by atoms with Crippen LogP contribution in [-0.4, -0.2) is 51.9 Å². The molecule has 2 aliphatic rings. The normalized spacial score (nSPS) is 21.4. The van der Waals surface area contributed by atoms with Crippen LogP contribution in [0, 0.1) is 19.8 Å². The maximum absolute atomic E-state index is 11.9. The lowest BCUT2D eigenvalue weighted by Crippen LogP contribution is -2.42. The number of amides is 1. The van der Waals surface area contributed by atoms with Crippen LogP contribution in [0.1, 0.15) is 36.9 Å². The Kier molecular flexibility index (Phi) is 4.27. The molecule has 0 aromatic carbocycles. The van der Waals surface area contributed by atoms with Crippen molar-refractivity contribution in [3.63, 3.8) is 0 Å². The molecule has 2 saturated heterocycles. The zero-order valence-electron chi connectivity index (χ0n) is 15.0. The van der Waals surface area contributed by atoms with Crippen molar-refractivity contribution >= 4 is 22.8 Å². The molecule has 2 aromatic heterocycles. The Labute approximate surface area is 148 Å². The fraction of sp³-hybridized carbons (Fsp3) is 0.579. The first-order chi connectivity index (χ1) is 12.1. The van der Waals surface area contributed by atoms with Crippen LogP contribution in [0.3, 0.4) is 0 Å². The molecule has 2 aromatic rings. The lowest BCUT2D eigenvalue weighted by molar-refractivity contribution is -0.128. The van der Waals surface area contributed by atoms with Crippen molar-refractivity contribution in [3.8, 4) is 0 Å². The Morgan fingerprint density at radius 2 is 2.08 bits per heavy atom. The molecule has 0 N–H and O–H groups in total. The summed E-state index contributed by atoms with van der Waals surface area (Å²) in [6, 6.07) is 2.10. The van der Waals surface area contributed by atoms with Crippen LogP contribution in [0.2, 0.25) is 0 Å². The predicted octanol–water partition coefficient (Wildman–Crippen LogP) is 2.48. The largest absolute Gasteiger partial charge is 0.356 e. The summed E-state index contributed by atoms with van der Waals surface area (Å²) in [4.78, 5) is 29.9. The fourth-order valence-corrected chi connectivity index (χ4v) is 4.24. The van der Waals surface area contributed by atoms with Crippen LogP contribution in [-0.2, 0) is 4.79 Å². The van der Waals surface area contributed by atoms with Crippen molar-refractivity contribution in [1.82, 2.24) is 19.9 Å². The van der Waals surface area contributed by atoms with E-state index < -0.39 is 0 Å². The standard InChI is InChI=1S/C19H25N5O/c1-13-9-14(2)22-18-17(13)19(21-12-20-18)24-8-3-5-15(11-24)10-23-7-4-6-16(23)25/h9,12,15H,3-8,10-11H2,1-2H3/t15-/m0/s1. The van der Waals surface area contributed by atoms with E-state index in [0.717, 1.165) is 68.0 Å². The monoisotopic (exact) mass is 339 g/mol. The van der Waals surface area contributed by atoms with Crippen molar-refractivity contribution in [2.24, 2.45) is 5.92 Å². The summed E-state index contributed by atoms with van der Waals surface area (Å²) in [6.45, 7) is 7.86. The van der Waals surface area contributed by atoms with Crippen LogP contribution >= 0.6 is 0 Å². The van der Waals surface area contributed by atoms with Gasteiger partial charge in [0.05, 0.1) is 5.39 Å². The molecular formula is C19H25N5O. The summed E-state index contributed by atoms with van der Waals surface area (Å²) in [5.74, 6) is 1.83. The third kappa shape index (κ3) is 3.17. The number of hydrogen-bond donors (Lipinski definition) is 0. The SMILES string of the molecule is Cc1cc(C)c2c(N3CCC[C@@H](CN4CCCC4=O)C3)ncnc2n1. The molecule has 25 heavy (non-hydrogen) atoms. The molecule has 0 bridgehead atoms. The van der Waals surface area contributed by atoms with Gasteiger partial charge in [-0.25, -0.2) is 15.0 Å². The molecule has 0 spiro atoms. The number of rotatable bonds is 3. The Bertz CT molecular complexity index is 806. The quantitative estimate of drug-likeness (QED) is 0.860. The number of pyridine rings is 1. The van der Waals surface area contributed by atoms with Crippen molar-refractivity contribution < 1.29 is 4.79 Å². The van der Waals surface area contributed by atoms with E-state index in [2.05, 4.69) is 32.8 Å². The zero-order chi connectivity index (χ0) is 17.4. The molecule has 6 heteroatoms. The lowest BCUT2D eigenvalue weighted by atomic mass is 9.97. The van der Waals surface area contributed by atoms with Gasteiger partial charge in [-0.15, -0.1) is 0 Å².